The first-order valence-corrected chi connectivity index (χ1v) is 9.91. The number of carbonyl (C=O) groups excluding carboxylic acids is 1. The maximum atomic E-state index is 12.9. The summed E-state index contributed by atoms with van der Waals surface area (Å²) in [7, 11) is 1.92. The van der Waals surface area contributed by atoms with Crippen LogP contribution >= 0.6 is 11.3 Å². The van der Waals surface area contributed by atoms with Gasteiger partial charge in [0.15, 0.2) is 10.9 Å². The predicted octanol–water partition coefficient (Wildman–Crippen LogP) is 2.90. The summed E-state index contributed by atoms with van der Waals surface area (Å²) in [6.07, 6.45) is 5.08. The Morgan fingerprint density at radius 3 is 2.89 bits per heavy atom. The third kappa shape index (κ3) is 2.63. The number of fused-ring (bicyclic) bond motifs is 2. The molecular weight excluding hydrogens is 360 g/mol. The molecule has 1 N–H and O–H groups in total. The minimum Gasteiger partial charge on any atom is -0.359 e. The first kappa shape index (κ1) is 16.4. The average molecular weight is 380 g/mol. The summed E-state index contributed by atoms with van der Waals surface area (Å²) in [6.45, 7) is 1.93. The van der Waals surface area contributed by atoms with Crippen LogP contribution in [0.15, 0.2) is 36.8 Å². The largest absolute Gasteiger partial charge is 0.359 e. The zero-order chi connectivity index (χ0) is 18.5. The Kier molecular flexibility index (Phi) is 3.75. The lowest BCUT2D eigenvalue weighted by Gasteiger charge is -2.47. The van der Waals surface area contributed by atoms with Crippen LogP contribution in [0.1, 0.15) is 19.8 Å². The number of hydrogen-bond acceptors (Lipinski definition) is 7. The Balaban J connectivity index is 1.32. The van der Waals surface area contributed by atoms with Gasteiger partial charge < -0.3 is 10.2 Å². The molecule has 27 heavy (non-hydrogen) atoms. The van der Waals surface area contributed by atoms with Gasteiger partial charge in [-0.2, -0.15) is 0 Å². The zero-order valence-electron chi connectivity index (χ0n) is 15.2. The lowest BCUT2D eigenvalue weighted by Crippen LogP contribution is -2.59. The summed E-state index contributed by atoms with van der Waals surface area (Å²) < 4.78 is 1.18. The summed E-state index contributed by atoms with van der Waals surface area (Å²) in [4.78, 5) is 29.9. The van der Waals surface area contributed by atoms with Crippen molar-refractivity contribution < 1.29 is 4.79 Å². The topological polar surface area (TPSA) is 74.2 Å². The molecule has 8 heteroatoms. The molecular formula is C19H20N6OS. The van der Waals surface area contributed by atoms with Crippen molar-refractivity contribution in [2.24, 2.45) is 0 Å². The number of aromatic nitrogens is 3. The van der Waals surface area contributed by atoms with E-state index in [1.165, 1.54) is 11.0 Å². The van der Waals surface area contributed by atoms with Crippen molar-refractivity contribution in [1.82, 2.24) is 15.0 Å². The van der Waals surface area contributed by atoms with E-state index in [1.807, 2.05) is 42.0 Å². The normalized spacial score (nSPS) is 24.7. The Morgan fingerprint density at radius 2 is 2.07 bits per heavy atom. The van der Waals surface area contributed by atoms with Gasteiger partial charge in [0.2, 0.25) is 0 Å². The number of likely N-dealkylation sites (N-methyl/N-ethyl adjacent to an activating group) is 1. The smallest absolute Gasteiger partial charge is 0.250 e. The number of rotatable bonds is 3. The highest BCUT2D eigenvalue weighted by molar-refractivity contribution is 7.22. The molecule has 138 valence electrons. The number of carbonyl (C=O) groups is 1. The van der Waals surface area contributed by atoms with Crippen molar-refractivity contribution in [3.05, 3.63) is 36.8 Å². The molecule has 0 spiro atoms. The van der Waals surface area contributed by atoms with E-state index >= 15 is 0 Å². The highest BCUT2D eigenvalue weighted by atomic mass is 32.1. The van der Waals surface area contributed by atoms with Crippen molar-refractivity contribution in [1.29, 1.82) is 0 Å². The van der Waals surface area contributed by atoms with Gasteiger partial charge in [-0.15, -0.1) is 0 Å². The Morgan fingerprint density at radius 1 is 1.26 bits per heavy atom. The molecule has 1 fully saturated rings. The number of hydrogen-bond donors (Lipinski definition) is 1. The molecule has 1 unspecified atom stereocenters. The summed E-state index contributed by atoms with van der Waals surface area (Å²) in [6, 6.07) is 8.43. The van der Waals surface area contributed by atoms with Crippen LogP contribution in [-0.4, -0.2) is 46.0 Å². The minimum atomic E-state index is -0.209. The van der Waals surface area contributed by atoms with Crippen molar-refractivity contribution in [2.75, 3.05) is 22.2 Å². The highest BCUT2D eigenvalue weighted by Crippen LogP contribution is 2.39. The molecule has 1 amide bonds. The summed E-state index contributed by atoms with van der Waals surface area (Å²) >= 11 is 1.67. The molecule has 3 aromatic rings. The first-order chi connectivity index (χ1) is 13.1. The molecule has 0 saturated heterocycles. The minimum absolute atomic E-state index is 0.104. The maximum absolute atomic E-state index is 12.9. The third-order valence-corrected chi connectivity index (χ3v) is 6.52. The fourth-order valence-electron chi connectivity index (χ4n) is 3.81. The molecule has 3 heterocycles. The van der Waals surface area contributed by atoms with E-state index in [0.29, 0.717) is 6.04 Å². The van der Waals surface area contributed by atoms with Gasteiger partial charge in [-0.05, 0) is 31.9 Å². The predicted molar refractivity (Wildman–Crippen MR) is 107 cm³/mol. The molecule has 0 bridgehead atoms. The zero-order valence-corrected chi connectivity index (χ0v) is 16.0. The molecule has 2 aromatic heterocycles. The number of amides is 1. The Hall–Kier alpha value is -2.74. The number of nitrogens with zero attached hydrogens (tertiary/aromatic N) is 5. The van der Waals surface area contributed by atoms with Crippen LogP contribution in [-0.2, 0) is 4.79 Å². The molecule has 1 aliphatic carbocycles. The second-order valence-corrected chi connectivity index (χ2v) is 8.21. The van der Waals surface area contributed by atoms with Gasteiger partial charge in [0.25, 0.3) is 5.91 Å². The Labute approximate surface area is 161 Å². The van der Waals surface area contributed by atoms with Crippen LogP contribution in [0.5, 0.6) is 0 Å². The van der Waals surface area contributed by atoms with Gasteiger partial charge in [0.1, 0.15) is 12.4 Å². The molecule has 1 aliphatic heterocycles. The van der Waals surface area contributed by atoms with Crippen LogP contribution in [0, 0.1) is 0 Å². The van der Waals surface area contributed by atoms with Crippen LogP contribution < -0.4 is 15.1 Å². The van der Waals surface area contributed by atoms with E-state index in [-0.39, 0.29) is 18.0 Å². The second-order valence-electron chi connectivity index (χ2n) is 7.18. The van der Waals surface area contributed by atoms with Crippen LogP contribution in [0.25, 0.3) is 10.2 Å². The molecule has 1 aromatic carbocycles. The molecule has 1 saturated carbocycles. The number of thiazole rings is 1. The fraction of sp³-hybridized carbons (Fsp3) is 0.368. The van der Waals surface area contributed by atoms with Crippen molar-refractivity contribution >= 4 is 44.1 Å². The van der Waals surface area contributed by atoms with Gasteiger partial charge in [-0.1, -0.05) is 23.5 Å². The van der Waals surface area contributed by atoms with Crippen LogP contribution in [0.3, 0.4) is 0 Å². The molecule has 5 rings (SSSR count). The van der Waals surface area contributed by atoms with Gasteiger partial charge in [-0.25, -0.2) is 15.0 Å². The number of para-hydroxylation sites is 1. The first-order valence-electron chi connectivity index (χ1n) is 9.10. The van der Waals surface area contributed by atoms with Crippen LogP contribution in [0.2, 0.25) is 0 Å². The monoisotopic (exact) mass is 380 g/mol. The van der Waals surface area contributed by atoms with E-state index in [0.717, 1.165) is 35.0 Å². The van der Waals surface area contributed by atoms with E-state index in [1.54, 1.807) is 17.5 Å². The van der Waals surface area contributed by atoms with Crippen LogP contribution in [0.4, 0.5) is 16.6 Å². The SMILES string of the molecule is CC1C(=O)N(C2CC(Nc3nc4ccccc4s3)C2)c2ncncc2N1C. The number of nitrogens with one attached hydrogen (secondary N) is 1. The number of benzene rings is 1. The maximum Gasteiger partial charge on any atom is 0.250 e. The van der Waals surface area contributed by atoms with E-state index in [4.69, 9.17) is 0 Å². The van der Waals surface area contributed by atoms with Gasteiger partial charge >= 0.3 is 0 Å². The second kappa shape index (κ2) is 6.16. The van der Waals surface area contributed by atoms with Crippen molar-refractivity contribution in [3.63, 3.8) is 0 Å². The lowest BCUT2D eigenvalue weighted by molar-refractivity contribution is -0.120. The summed E-state index contributed by atoms with van der Waals surface area (Å²) in [5.74, 6) is 0.825. The lowest BCUT2D eigenvalue weighted by atomic mass is 9.84. The van der Waals surface area contributed by atoms with E-state index in [2.05, 4.69) is 26.3 Å². The highest BCUT2D eigenvalue weighted by Gasteiger charge is 2.43. The summed E-state index contributed by atoms with van der Waals surface area (Å²) in [5, 5.41) is 4.47. The average Bonchev–Trinajstić information content (AvgIpc) is 3.07. The van der Waals surface area contributed by atoms with E-state index < -0.39 is 0 Å². The van der Waals surface area contributed by atoms with Crippen molar-refractivity contribution in [3.8, 4) is 0 Å². The fourth-order valence-corrected chi connectivity index (χ4v) is 4.75. The van der Waals surface area contributed by atoms with E-state index in [9.17, 15) is 4.79 Å². The standard InChI is InChI=1S/C19H20N6OS/c1-11-18(26)25(17-15(24(11)2)9-20-10-21-17)13-7-12(8-13)22-19-23-14-5-3-4-6-16(14)27-19/h3-6,9-13H,7-8H2,1-2H3,(H,22,23). The van der Waals surface area contributed by atoms with Gasteiger partial charge in [0, 0.05) is 19.1 Å². The molecule has 0 radical (unpaired) electrons. The Bertz CT molecular complexity index is 981. The molecule has 7 nitrogen and oxygen atoms in total. The summed E-state index contributed by atoms with van der Waals surface area (Å²) in [5.41, 5.74) is 1.93. The molecule has 2 aliphatic rings. The van der Waals surface area contributed by atoms with Gasteiger partial charge in [0.05, 0.1) is 22.1 Å². The molecule has 1 atom stereocenters. The quantitative estimate of drug-likeness (QED) is 0.753. The van der Waals surface area contributed by atoms with Gasteiger partial charge in [-0.3, -0.25) is 9.69 Å². The number of anilines is 3. The van der Waals surface area contributed by atoms with Crippen molar-refractivity contribution in [2.45, 2.75) is 37.9 Å². The third-order valence-electron chi connectivity index (χ3n) is 5.56.